The van der Waals surface area contributed by atoms with Gasteiger partial charge in [0.2, 0.25) is 0 Å². The maximum absolute atomic E-state index is 13.3. The normalized spacial score (nSPS) is 16.5. The first-order valence-electron chi connectivity index (χ1n) is 9.30. The summed E-state index contributed by atoms with van der Waals surface area (Å²) in [5.41, 5.74) is 1.96. The lowest BCUT2D eigenvalue weighted by molar-refractivity contribution is 0.0736. The smallest absolute Gasteiger partial charge is 0.263 e. The molecule has 0 spiro atoms. The summed E-state index contributed by atoms with van der Waals surface area (Å²) in [4.78, 5) is 39.6. The van der Waals surface area contributed by atoms with Crippen molar-refractivity contribution in [2.45, 2.75) is 25.8 Å². The molecule has 0 aliphatic carbocycles. The Balaban J connectivity index is 1.64. The molecule has 4 rings (SSSR count). The minimum atomic E-state index is -0.00728. The summed E-state index contributed by atoms with van der Waals surface area (Å²) in [7, 11) is 3.50. The molecule has 0 N–H and O–H groups in total. The zero-order valence-corrected chi connectivity index (χ0v) is 17.0. The average Bonchev–Trinajstić information content (AvgIpc) is 3.35. The second-order valence-corrected chi connectivity index (χ2v) is 8.34. The van der Waals surface area contributed by atoms with Gasteiger partial charge in [0.25, 0.3) is 11.8 Å². The zero-order chi connectivity index (χ0) is 19.8. The summed E-state index contributed by atoms with van der Waals surface area (Å²) < 4.78 is 0. The molecule has 0 saturated carbocycles. The monoisotopic (exact) mass is 394 g/mol. The van der Waals surface area contributed by atoms with Gasteiger partial charge in [0.15, 0.2) is 5.65 Å². The van der Waals surface area contributed by atoms with Crippen LogP contribution in [0.1, 0.15) is 49.5 Å². The molecule has 1 aliphatic heterocycles. The van der Waals surface area contributed by atoms with Gasteiger partial charge in [0.05, 0.1) is 22.2 Å². The van der Waals surface area contributed by atoms with E-state index in [4.69, 9.17) is 0 Å². The Labute approximate surface area is 167 Å². The van der Waals surface area contributed by atoms with Crippen molar-refractivity contribution in [3.63, 3.8) is 0 Å². The van der Waals surface area contributed by atoms with Crippen LogP contribution in [-0.2, 0) is 0 Å². The SMILES string of the molecule is Cc1nc2ncccc2cc1C(=O)N1CCCC1c1ccc(C(=O)N(C)C)s1. The molecule has 7 heteroatoms. The van der Waals surface area contributed by atoms with Gasteiger partial charge in [-0.25, -0.2) is 9.97 Å². The molecule has 1 atom stereocenters. The number of carbonyl (C=O) groups is 2. The van der Waals surface area contributed by atoms with Gasteiger partial charge in [-0.05, 0) is 50.1 Å². The second kappa shape index (κ2) is 7.31. The van der Waals surface area contributed by atoms with Crippen molar-refractivity contribution in [2.24, 2.45) is 0 Å². The van der Waals surface area contributed by atoms with Gasteiger partial charge in [-0.2, -0.15) is 0 Å². The summed E-state index contributed by atoms with van der Waals surface area (Å²) in [6.45, 7) is 2.56. The number of carbonyl (C=O) groups excluding carboxylic acids is 2. The molecular formula is C21H22N4O2S. The van der Waals surface area contributed by atoms with E-state index in [-0.39, 0.29) is 17.9 Å². The fourth-order valence-corrected chi connectivity index (χ4v) is 4.82. The molecule has 0 aromatic carbocycles. The van der Waals surface area contributed by atoms with Gasteiger partial charge >= 0.3 is 0 Å². The molecule has 1 fully saturated rings. The predicted molar refractivity (Wildman–Crippen MR) is 110 cm³/mol. The highest BCUT2D eigenvalue weighted by molar-refractivity contribution is 7.14. The number of thiophene rings is 1. The highest BCUT2D eigenvalue weighted by atomic mass is 32.1. The van der Waals surface area contributed by atoms with Crippen LogP contribution in [0.2, 0.25) is 0 Å². The van der Waals surface area contributed by atoms with E-state index in [1.807, 2.05) is 42.2 Å². The van der Waals surface area contributed by atoms with Crippen LogP contribution in [0.5, 0.6) is 0 Å². The van der Waals surface area contributed by atoms with Gasteiger partial charge in [-0.3, -0.25) is 9.59 Å². The van der Waals surface area contributed by atoms with E-state index in [0.717, 1.165) is 23.1 Å². The van der Waals surface area contributed by atoms with Crippen LogP contribution in [-0.4, -0.2) is 52.2 Å². The fourth-order valence-electron chi connectivity index (χ4n) is 3.64. The first-order chi connectivity index (χ1) is 13.5. The molecule has 0 radical (unpaired) electrons. The second-order valence-electron chi connectivity index (χ2n) is 7.23. The Morgan fingerprint density at radius 1 is 1.25 bits per heavy atom. The zero-order valence-electron chi connectivity index (χ0n) is 16.2. The Morgan fingerprint density at radius 3 is 2.86 bits per heavy atom. The summed E-state index contributed by atoms with van der Waals surface area (Å²) in [6.07, 6.45) is 3.56. The van der Waals surface area contributed by atoms with E-state index in [1.54, 1.807) is 25.2 Å². The maximum Gasteiger partial charge on any atom is 0.263 e. The molecule has 1 aliphatic rings. The Kier molecular flexibility index (Phi) is 4.85. The van der Waals surface area contributed by atoms with E-state index < -0.39 is 0 Å². The van der Waals surface area contributed by atoms with Crippen molar-refractivity contribution in [2.75, 3.05) is 20.6 Å². The summed E-state index contributed by atoms with van der Waals surface area (Å²) in [6, 6.07) is 9.50. The van der Waals surface area contributed by atoms with Crippen molar-refractivity contribution in [1.82, 2.24) is 19.8 Å². The number of hydrogen-bond donors (Lipinski definition) is 0. The molecule has 2 amide bonds. The average molecular weight is 395 g/mol. The van der Waals surface area contributed by atoms with Crippen LogP contribution >= 0.6 is 11.3 Å². The number of nitrogens with zero attached hydrogens (tertiary/aromatic N) is 4. The lowest BCUT2D eigenvalue weighted by atomic mass is 10.1. The number of hydrogen-bond acceptors (Lipinski definition) is 5. The molecule has 1 unspecified atom stereocenters. The topological polar surface area (TPSA) is 66.4 Å². The van der Waals surface area contributed by atoms with Crippen LogP contribution in [0.15, 0.2) is 36.5 Å². The number of aryl methyl sites for hydroxylation is 1. The third kappa shape index (κ3) is 3.26. The first kappa shape index (κ1) is 18.6. The number of aromatic nitrogens is 2. The summed E-state index contributed by atoms with van der Waals surface area (Å²) in [5, 5.41) is 0.863. The number of pyridine rings is 2. The Hall–Kier alpha value is -2.80. The number of rotatable bonds is 3. The van der Waals surface area contributed by atoms with Gasteiger partial charge in [0, 0.05) is 37.1 Å². The van der Waals surface area contributed by atoms with E-state index in [9.17, 15) is 9.59 Å². The van der Waals surface area contributed by atoms with Gasteiger partial charge < -0.3 is 9.80 Å². The number of fused-ring (bicyclic) bond motifs is 1. The molecule has 3 aromatic rings. The van der Waals surface area contributed by atoms with E-state index >= 15 is 0 Å². The highest BCUT2D eigenvalue weighted by Crippen LogP contribution is 2.37. The Bertz CT molecular complexity index is 1060. The lowest BCUT2D eigenvalue weighted by Crippen LogP contribution is -2.31. The molecule has 0 bridgehead atoms. The minimum Gasteiger partial charge on any atom is -0.344 e. The van der Waals surface area contributed by atoms with Crippen LogP contribution in [0, 0.1) is 6.92 Å². The van der Waals surface area contributed by atoms with Crippen molar-refractivity contribution in [3.05, 3.63) is 57.5 Å². The molecule has 3 aromatic heterocycles. The van der Waals surface area contributed by atoms with Gasteiger partial charge in [0.1, 0.15) is 0 Å². The van der Waals surface area contributed by atoms with Crippen LogP contribution in [0.4, 0.5) is 0 Å². The molecular weight excluding hydrogens is 372 g/mol. The third-order valence-electron chi connectivity index (χ3n) is 5.10. The standard InChI is InChI=1S/C21H22N4O2S/c1-13-15(12-14-6-4-10-22-19(14)23-13)20(26)25-11-5-7-16(25)17-8-9-18(28-17)21(27)24(2)3/h4,6,8-10,12,16H,5,7,11H2,1-3H3. The van der Waals surface area contributed by atoms with Gasteiger partial charge in [-0.1, -0.05) is 0 Å². The van der Waals surface area contributed by atoms with Crippen molar-refractivity contribution >= 4 is 34.2 Å². The predicted octanol–water partition coefficient (Wildman–Crippen LogP) is 3.68. The number of amides is 2. The largest absolute Gasteiger partial charge is 0.344 e. The van der Waals surface area contributed by atoms with E-state index in [2.05, 4.69) is 9.97 Å². The molecule has 28 heavy (non-hydrogen) atoms. The summed E-state index contributed by atoms with van der Waals surface area (Å²) in [5.74, 6) is -0.0127. The van der Waals surface area contributed by atoms with Crippen molar-refractivity contribution in [3.8, 4) is 0 Å². The van der Waals surface area contributed by atoms with Crippen LogP contribution < -0.4 is 0 Å². The Morgan fingerprint density at radius 2 is 2.07 bits per heavy atom. The van der Waals surface area contributed by atoms with Crippen LogP contribution in [0.25, 0.3) is 11.0 Å². The minimum absolute atomic E-state index is 0.00482. The van der Waals surface area contributed by atoms with E-state index in [0.29, 0.717) is 28.3 Å². The fraction of sp³-hybridized carbons (Fsp3) is 0.333. The first-order valence-corrected chi connectivity index (χ1v) is 10.1. The molecule has 6 nitrogen and oxygen atoms in total. The quantitative estimate of drug-likeness (QED) is 0.680. The van der Waals surface area contributed by atoms with Gasteiger partial charge in [-0.15, -0.1) is 11.3 Å². The lowest BCUT2D eigenvalue weighted by Gasteiger charge is -2.24. The van der Waals surface area contributed by atoms with E-state index in [1.165, 1.54) is 11.3 Å². The maximum atomic E-state index is 13.3. The highest BCUT2D eigenvalue weighted by Gasteiger charge is 2.33. The van der Waals surface area contributed by atoms with Crippen LogP contribution in [0.3, 0.4) is 0 Å². The molecule has 1 saturated heterocycles. The molecule has 4 heterocycles. The third-order valence-corrected chi connectivity index (χ3v) is 6.27. The van der Waals surface area contributed by atoms with Crippen molar-refractivity contribution < 1.29 is 9.59 Å². The summed E-state index contributed by atoms with van der Waals surface area (Å²) >= 11 is 1.48. The molecule has 144 valence electrons. The number of likely N-dealkylation sites (tertiary alicyclic amines) is 1. The van der Waals surface area contributed by atoms with Crippen molar-refractivity contribution in [1.29, 1.82) is 0 Å².